The number of amides is 2. The highest BCUT2D eigenvalue weighted by atomic mass is 35.5. The highest BCUT2D eigenvalue weighted by molar-refractivity contribution is 6.41. The monoisotopic (exact) mass is 394 g/mol. The molecule has 0 bridgehead atoms. The molecular formula is C16H26BClF2N2O4. The van der Waals surface area contributed by atoms with E-state index < -0.39 is 54.1 Å². The van der Waals surface area contributed by atoms with Gasteiger partial charge in [-0.1, -0.05) is 46.2 Å². The summed E-state index contributed by atoms with van der Waals surface area (Å²) in [7, 11) is -1.72. The molecule has 26 heavy (non-hydrogen) atoms. The van der Waals surface area contributed by atoms with Crippen LogP contribution >= 0.6 is 11.6 Å². The molecule has 1 rings (SSSR count). The lowest BCUT2D eigenvalue weighted by Gasteiger charge is -2.07. The maximum atomic E-state index is 13.4. The Bertz CT molecular complexity index is 573. The number of benzene rings is 1. The van der Waals surface area contributed by atoms with E-state index >= 15 is 0 Å². The third-order valence-electron chi connectivity index (χ3n) is 2.15. The lowest BCUT2D eigenvalue weighted by atomic mass is 9.92. The van der Waals surface area contributed by atoms with E-state index in [1.54, 1.807) is 0 Å². The fourth-order valence-corrected chi connectivity index (χ4v) is 1.37. The van der Waals surface area contributed by atoms with Crippen molar-refractivity contribution in [2.75, 3.05) is 13.0 Å². The Morgan fingerprint density at radius 1 is 1.12 bits per heavy atom. The summed E-state index contributed by atoms with van der Waals surface area (Å²) < 4.78 is 26.5. The molecule has 148 valence electrons. The molecule has 0 saturated carbocycles. The molecule has 1 aromatic rings. The molecule has 0 aliphatic rings. The predicted octanol–water partition coefficient (Wildman–Crippen LogP) is 2.16. The molecule has 0 unspecified atom stereocenters. The van der Waals surface area contributed by atoms with Gasteiger partial charge >= 0.3 is 7.12 Å². The van der Waals surface area contributed by atoms with Crippen LogP contribution in [0.2, 0.25) is 5.02 Å². The van der Waals surface area contributed by atoms with Crippen LogP contribution in [-0.4, -0.2) is 42.0 Å². The van der Waals surface area contributed by atoms with Crippen molar-refractivity contribution in [1.29, 1.82) is 0 Å². The fraction of sp³-hybridized carbons (Fsp3) is 0.500. The molecule has 0 radical (unpaired) electrons. The Kier molecular flexibility index (Phi) is 14.8. The van der Waals surface area contributed by atoms with Gasteiger partial charge in [-0.05, 0) is 18.1 Å². The summed E-state index contributed by atoms with van der Waals surface area (Å²) >= 11 is 5.33. The van der Waals surface area contributed by atoms with Crippen LogP contribution in [0.3, 0.4) is 0 Å². The third-order valence-corrected chi connectivity index (χ3v) is 2.44. The van der Waals surface area contributed by atoms with Crippen LogP contribution in [0.15, 0.2) is 12.1 Å². The summed E-state index contributed by atoms with van der Waals surface area (Å²) in [4.78, 5) is 22.7. The van der Waals surface area contributed by atoms with Crippen LogP contribution in [0.5, 0.6) is 0 Å². The fourth-order valence-electron chi connectivity index (χ4n) is 1.22. The number of carbonyl (C=O) groups excluding carboxylic acids is 2. The van der Waals surface area contributed by atoms with Gasteiger partial charge in [0.25, 0.3) is 5.91 Å². The van der Waals surface area contributed by atoms with E-state index in [-0.39, 0.29) is 0 Å². The lowest BCUT2D eigenvalue weighted by Crippen LogP contribution is -2.41. The Labute approximate surface area is 158 Å². The first-order valence-electron chi connectivity index (χ1n) is 8.10. The van der Waals surface area contributed by atoms with E-state index in [1.807, 2.05) is 19.2 Å². The average Bonchev–Trinajstić information content (AvgIpc) is 2.55. The van der Waals surface area contributed by atoms with E-state index in [1.165, 1.54) is 0 Å². The first-order chi connectivity index (χ1) is 12.0. The van der Waals surface area contributed by atoms with Gasteiger partial charge in [-0.3, -0.25) is 9.59 Å². The van der Waals surface area contributed by atoms with Crippen molar-refractivity contribution in [3.63, 3.8) is 0 Å². The minimum atomic E-state index is -1.72. The van der Waals surface area contributed by atoms with Gasteiger partial charge in [0.15, 0.2) is 0 Å². The maximum Gasteiger partial charge on any atom is 0.472 e. The second kappa shape index (κ2) is 14.5. The smallest absolute Gasteiger partial charge is 0.426 e. The number of nitrogens with one attached hydrogen (secondary N) is 2. The number of carbonyl (C=O) groups is 2. The number of hydrogen-bond donors (Lipinski definition) is 4. The first kappa shape index (κ1) is 26.5. The maximum absolute atomic E-state index is 13.4. The van der Waals surface area contributed by atoms with E-state index in [0.29, 0.717) is 12.1 Å². The molecule has 0 atom stereocenters. The molecule has 10 heteroatoms. The van der Waals surface area contributed by atoms with Gasteiger partial charge in [0.1, 0.15) is 11.6 Å². The Hall–Kier alpha value is -1.71. The van der Waals surface area contributed by atoms with Gasteiger partial charge in [-0.15, -0.1) is 0 Å². The summed E-state index contributed by atoms with van der Waals surface area (Å²) in [5.74, 6) is -2.88. The predicted molar refractivity (Wildman–Crippen MR) is 98.8 cm³/mol. The van der Waals surface area contributed by atoms with Crippen molar-refractivity contribution >= 4 is 30.5 Å². The van der Waals surface area contributed by atoms with Crippen molar-refractivity contribution in [3.8, 4) is 0 Å². The molecule has 4 N–H and O–H groups in total. The largest absolute Gasteiger partial charge is 0.472 e. The molecule has 0 aliphatic carbocycles. The molecular weight excluding hydrogens is 368 g/mol. The van der Waals surface area contributed by atoms with E-state index in [9.17, 15) is 18.4 Å². The molecule has 1 aromatic carbocycles. The second-order valence-electron chi connectivity index (χ2n) is 5.45. The first-order valence-corrected chi connectivity index (χ1v) is 8.48. The van der Waals surface area contributed by atoms with Crippen molar-refractivity contribution < 1.29 is 28.4 Å². The van der Waals surface area contributed by atoms with Crippen molar-refractivity contribution in [3.05, 3.63) is 34.4 Å². The van der Waals surface area contributed by atoms with Crippen LogP contribution in [0.1, 0.15) is 45.0 Å². The van der Waals surface area contributed by atoms with Crippen LogP contribution < -0.4 is 10.6 Å². The zero-order valence-corrected chi connectivity index (χ0v) is 16.3. The molecule has 0 heterocycles. The Balaban J connectivity index is 0. The molecule has 0 aliphatic heterocycles. The second-order valence-corrected chi connectivity index (χ2v) is 5.85. The number of halogens is 3. The van der Waals surface area contributed by atoms with Gasteiger partial charge in [0.2, 0.25) is 5.91 Å². The van der Waals surface area contributed by atoms with Gasteiger partial charge in [-0.2, -0.15) is 0 Å². The van der Waals surface area contributed by atoms with Gasteiger partial charge in [0.05, 0.1) is 23.6 Å². The molecule has 0 aromatic heterocycles. The van der Waals surface area contributed by atoms with Gasteiger partial charge < -0.3 is 20.7 Å². The van der Waals surface area contributed by atoms with Crippen molar-refractivity contribution in [2.45, 2.75) is 34.6 Å². The molecule has 0 saturated heterocycles. The molecule has 2 amide bonds. The minimum Gasteiger partial charge on any atom is -0.426 e. The number of hydrogen-bond acceptors (Lipinski definition) is 4. The minimum absolute atomic E-state index is 0.418. The Morgan fingerprint density at radius 3 is 2.08 bits per heavy atom. The quantitative estimate of drug-likeness (QED) is 0.454. The third kappa shape index (κ3) is 12.6. The Morgan fingerprint density at radius 2 is 1.62 bits per heavy atom. The van der Waals surface area contributed by atoms with E-state index in [2.05, 4.69) is 26.1 Å². The zero-order chi connectivity index (χ0) is 20.9. The average molecular weight is 395 g/mol. The van der Waals surface area contributed by atoms with Crippen molar-refractivity contribution in [2.24, 2.45) is 5.92 Å². The SMILES string of the molecule is CC.CC(C)C.O=C(CNC(=O)c1cc(F)c(Cl)cc1F)NCB(O)O. The van der Waals surface area contributed by atoms with E-state index in [0.717, 1.165) is 5.92 Å². The van der Waals surface area contributed by atoms with Crippen LogP contribution in [-0.2, 0) is 4.79 Å². The molecule has 0 fully saturated rings. The van der Waals surface area contributed by atoms with Crippen molar-refractivity contribution in [1.82, 2.24) is 10.6 Å². The highest BCUT2D eigenvalue weighted by Crippen LogP contribution is 2.19. The normalized spacial score (nSPS) is 9.35. The summed E-state index contributed by atoms with van der Waals surface area (Å²) in [6.07, 6.45) is -0.418. The molecule has 6 nitrogen and oxygen atoms in total. The lowest BCUT2D eigenvalue weighted by molar-refractivity contribution is -0.119. The summed E-state index contributed by atoms with van der Waals surface area (Å²) in [5.41, 5.74) is -0.595. The highest BCUT2D eigenvalue weighted by Gasteiger charge is 2.16. The van der Waals surface area contributed by atoms with Crippen LogP contribution in [0.4, 0.5) is 8.78 Å². The summed E-state index contributed by atoms with van der Waals surface area (Å²) in [6, 6.07) is 1.26. The standard InChI is InChI=1S/C10H10BClF2N2O4.C4H10.C2H6/c12-6-2-7(13)5(1-8(6)14)10(18)15-3-9(17)16-4-11(19)20;1-4(2)3;1-2/h1-2,19-20H,3-4H2,(H,15,18)(H,16,17);4H,1-3H3;1-2H3. The summed E-state index contributed by atoms with van der Waals surface area (Å²) in [5, 5.41) is 20.7. The number of rotatable bonds is 5. The van der Waals surface area contributed by atoms with Crippen LogP contribution in [0.25, 0.3) is 0 Å². The zero-order valence-electron chi connectivity index (χ0n) is 15.6. The van der Waals surface area contributed by atoms with Gasteiger partial charge in [-0.25, -0.2) is 8.78 Å². The molecule has 0 spiro atoms. The van der Waals surface area contributed by atoms with Gasteiger partial charge in [0, 0.05) is 0 Å². The summed E-state index contributed by atoms with van der Waals surface area (Å²) in [6.45, 7) is 9.97. The van der Waals surface area contributed by atoms with Crippen LogP contribution in [0, 0.1) is 17.6 Å². The van der Waals surface area contributed by atoms with E-state index in [4.69, 9.17) is 21.6 Å². The topological polar surface area (TPSA) is 98.7 Å².